The highest BCUT2D eigenvalue weighted by Gasteiger charge is 2.44. The molecule has 3 unspecified atom stereocenters. The molecule has 7 heteroatoms. The Balaban J connectivity index is 1.38. The highest BCUT2D eigenvalue weighted by Crippen LogP contribution is 2.44. The Bertz CT molecular complexity index is 1040. The first-order valence-corrected chi connectivity index (χ1v) is 12.0. The summed E-state index contributed by atoms with van der Waals surface area (Å²) in [4.78, 5) is 37.4. The normalized spacial score (nSPS) is 22.2. The average Bonchev–Trinajstić information content (AvgIpc) is 3.16. The average molecular weight is 465 g/mol. The quantitative estimate of drug-likeness (QED) is 0.561. The van der Waals surface area contributed by atoms with Gasteiger partial charge in [0.1, 0.15) is 12.6 Å². The Hall–Kier alpha value is -3.35. The number of carboxylic acid groups (broad SMARTS) is 1. The monoisotopic (exact) mass is 464 g/mol. The molecule has 3 atom stereocenters. The highest BCUT2D eigenvalue weighted by atomic mass is 16.5. The van der Waals surface area contributed by atoms with E-state index < -0.39 is 29.6 Å². The van der Waals surface area contributed by atoms with E-state index in [0.29, 0.717) is 19.3 Å². The number of benzene rings is 2. The van der Waals surface area contributed by atoms with Crippen molar-refractivity contribution in [2.75, 3.05) is 6.61 Å². The fourth-order valence-electron chi connectivity index (χ4n) is 5.23. The zero-order valence-electron chi connectivity index (χ0n) is 19.7. The first kappa shape index (κ1) is 23.8. The van der Waals surface area contributed by atoms with E-state index in [1.807, 2.05) is 36.4 Å². The van der Waals surface area contributed by atoms with Crippen LogP contribution in [0.2, 0.25) is 0 Å². The van der Waals surface area contributed by atoms with Gasteiger partial charge in [0.25, 0.3) is 0 Å². The Morgan fingerprint density at radius 2 is 1.68 bits per heavy atom. The number of hydrogen-bond donors (Lipinski definition) is 3. The van der Waals surface area contributed by atoms with Crippen molar-refractivity contribution in [3.05, 3.63) is 59.7 Å². The van der Waals surface area contributed by atoms with E-state index in [1.165, 1.54) is 0 Å². The van der Waals surface area contributed by atoms with E-state index in [2.05, 4.69) is 22.8 Å². The molecule has 1 saturated carbocycles. The van der Waals surface area contributed by atoms with E-state index in [0.717, 1.165) is 35.1 Å². The maximum atomic E-state index is 12.9. The summed E-state index contributed by atoms with van der Waals surface area (Å²) in [5, 5.41) is 15.2. The number of nitrogens with one attached hydrogen (secondary N) is 2. The molecule has 3 N–H and O–H groups in total. The number of carbonyl (C=O) groups is 3. The molecule has 2 aliphatic rings. The molecule has 34 heavy (non-hydrogen) atoms. The second-order valence-electron chi connectivity index (χ2n) is 9.46. The van der Waals surface area contributed by atoms with Crippen molar-refractivity contribution in [2.24, 2.45) is 5.41 Å². The van der Waals surface area contributed by atoms with Gasteiger partial charge in [-0.05, 0) is 48.4 Å². The lowest BCUT2D eigenvalue weighted by molar-refractivity contribution is -0.152. The van der Waals surface area contributed by atoms with Crippen molar-refractivity contribution in [2.45, 2.75) is 64.0 Å². The summed E-state index contributed by atoms with van der Waals surface area (Å²) in [5.74, 6) is -1.35. The van der Waals surface area contributed by atoms with Gasteiger partial charge in [-0.25, -0.2) is 4.79 Å². The fraction of sp³-hybridized carbons (Fsp3) is 0.444. The van der Waals surface area contributed by atoms with Crippen molar-refractivity contribution in [3.8, 4) is 11.1 Å². The summed E-state index contributed by atoms with van der Waals surface area (Å²) in [6, 6.07) is 14.9. The third kappa shape index (κ3) is 4.52. The van der Waals surface area contributed by atoms with E-state index >= 15 is 0 Å². The number of amides is 2. The van der Waals surface area contributed by atoms with Crippen LogP contribution in [-0.2, 0) is 14.3 Å². The van der Waals surface area contributed by atoms with E-state index in [9.17, 15) is 19.5 Å². The topological polar surface area (TPSA) is 105 Å². The summed E-state index contributed by atoms with van der Waals surface area (Å²) in [6.07, 6.45) is 2.52. The summed E-state index contributed by atoms with van der Waals surface area (Å²) < 4.78 is 5.57. The van der Waals surface area contributed by atoms with Crippen molar-refractivity contribution >= 4 is 18.0 Å². The zero-order valence-corrected chi connectivity index (χ0v) is 19.7. The Morgan fingerprint density at radius 3 is 2.26 bits per heavy atom. The molecule has 0 saturated heterocycles. The van der Waals surface area contributed by atoms with Crippen LogP contribution in [0.4, 0.5) is 4.79 Å². The standard InChI is InChI=1S/C27H32N2O5/c1-3-22(24(30)29-23-14-8-9-15-27(23,2)25(31)32)28-26(33)34-16-21-19-12-6-4-10-17(19)18-11-5-7-13-20(18)21/h4-7,10-13,21-23H,3,8-9,14-16H2,1-2H3,(H,28,33)(H,29,30)(H,31,32). The molecule has 0 radical (unpaired) electrons. The molecule has 0 aromatic heterocycles. The Morgan fingerprint density at radius 1 is 1.06 bits per heavy atom. The largest absolute Gasteiger partial charge is 0.481 e. The molecule has 2 amide bonds. The van der Waals surface area contributed by atoms with Gasteiger partial charge in [-0.2, -0.15) is 0 Å². The number of carbonyl (C=O) groups excluding carboxylic acids is 2. The predicted molar refractivity (Wildman–Crippen MR) is 128 cm³/mol. The molecule has 0 heterocycles. The Kier molecular flexibility index (Phi) is 6.91. The molecule has 0 aliphatic heterocycles. The van der Waals surface area contributed by atoms with Crippen LogP contribution in [-0.4, -0.2) is 41.8 Å². The van der Waals surface area contributed by atoms with Gasteiger partial charge in [-0.3, -0.25) is 9.59 Å². The predicted octanol–water partition coefficient (Wildman–Crippen LogP) is 4.45. The first-order valence-electron chi connectivity index (χ1n) is 12.0. The van der Waals surface area contributed by atoms with Crippen LogP contribution < -0.4 is 10.6 Å². The highest BCUT2D eigenvalue weighted by molar-refractivity contribution is 5.87. The van der Waals surface area contributed by atoms with E-state index in [-0.39, 0.29) is 18.4 Å². The van der Waals surface area contributed by atoms with Crippen LogP contribution in [0.5, 0.6) is 0 Å². The molecular formula is C27H32N2O5. The summed E-state index contributed by atoms with van der Waals surface area (Å²) >= 11 is 0. The molecule has 180 valence electrons. The minimum atomic E-state index is -1.00. The minimum absolute atomic E-state index is 0.0643. The summed E-state index contributed by atoms with van der Waals surface area (Å²) in [5.41, 5.74) is 3.52. The lowest BCUT2D eigenvalue weighted by atomic mass is 9.71. The third-order valence-corrected chi connectivity index (χ3v) is 7.37. The molecular weight excluding hydrogens is 432 g/mol. The number of alkyl carbamates (subject to hydrolysis) is 1. The second-order valence-corrected chi connectivity index (χ2v) is 9.46. The third-order valence-electron chi connectivity index (χ3n) is 7.37. The van der Waals surface area contributed by atoms with Crippen molar-refractivity contribution in [1.82, 2.24) is 10.6 Å². The molecule has 4 rings (SSSR count). The number of ether oxygens (including phenoxy) is 1. The first-order chi connectivity index (χ1) is 16.3. The SMILES string of the molecule is CCC(NC(=O)OCC1c2ccccc2-c2ccccc21)C(=O)NC1CCCCC1(C)C(=O)O. The van der Waals surface area contributed by atoms with Crippen LogP contribution in [0, 0.1) is 5.41 Å². The molecule has 2 aromatic carbocycles. The zero-order chi connectivity index (χ0) is 24.3. The van der Waals surface area contributed by atoms with Crippen molar-refractivity contribution < 1.29 is 24.2 Å². The fourth-order valence-corrected chi connectivity index (χ4v) is 5.23. The van der Waals surface area contributed by atoms with E-state index in [4.69, 9.17) is 4.74 Å². The van der Waals surface area contributed by atoms with Crippen LogP contribution in [0.1, 0.15) is 63.0 Å². The van der Waals surface area contributed by atoms with E-state index in [1.54, 1.807) is 13.8 Å². The molecule has 2 aliphatic carbocycles. The second kappa shape index (κ2) is 9.87. The van der Waals surface area contributed by atoms with Crippen molar-refractivity contribution in [3.63, 3.8) is 0 Å². The van der Waals surface area contributed by atoms with Gasteiger partial charge in [0.05, 0.1) is 5.41 Å². The minimum Gasteiger partial charge on any atom is -0.481 e. The van der Waals surface area contributed by atoms with Crippen LogP contribution >= 0.6 is 0 Å². The molecule has 0 bridgehead atoms. The van der Waals surface area contributed by atoms with Gasteiger partial charge in [0.15, 0.2) is 0 Å². The van der Waals surface area contributed by atoms with Gasteiger partial charge >= 0.3 is 12.1 Å². The molecule has 1 fully saturated rings. The van der Waals surface area contributed by atoms with Gasteiger partial charge in [0.2, 0.25) is 5.91 Å². The summed E-state index contributed by atoms with van der Waals surface area (Å²) in [6.45, 7) is 3.64. The van der Waals surface area contributed by atoms with Gasteiger partial charge < -0.3 is 20.5 Å². The lowest BCUT2D eigenvalue weighted by Gasteiger charge is -2.38. The summed E-state index contributed by atoms with van der Waals surface area (Å²) in [7, 11) is 0. The smallest absolute Gasteiger partial charge is 0.407 e. The van der Waals surface area contributed by atoms with Gasteiger partial charge in [-0.15, -0.1) is 0 Å². The molecule has 7 nitrogen and oxygen atoms in total. The number of fused-ring (bicyclic) bond motifs is 3. The van der Waals surface area contributed by atoms with Crippen molar-refractivity contribution in [1.29, 1.82) is 0 Å². The lowest BCUT2D eigenvalue weighted by Crippen LogP contribution is -2.56. The van der Waals surface area contributed by atoms with Gasteiger partial charge in [-0.1, -0.05) is 68.3 Å². The maximum Gasteiger partial charge on any atom is 0.407 e. The van der Waals surface area contributed by atoms with Crippen LogP contribution in [0.3, 0.4) is 0 Å². The van der Waals surface area contributed by atoms with Crippen LogP contribution in [0.15, 0.2) is 48.5 Å². The molecule has 0 spiro atoms. The van der Waals surface area contributed by atoms with Crippen LogP contribution in [0.25, 0.3) is 11.1 Å². The Labute approximate surface area is 199 Å². The number of rotatable bonds is 7. The maximum absolute atomic E-state index is 12.9. The van der Waals surface area contributed by atoms with Gasteiger partial charge in [0, 0.05) is 12.0 Å². The number of carboxylic acids is 1. The molecule has 2 aromatic rings. The number of hydrogen-bond acceptors (Lipinski definition) is 4. The number of aliphatic carboxylic acids is 1.